The summed E-state index contributed by atoms with van der Waals surface area (Å²) in [6.07, 6.45) is 13.9. The summed E-state index contributed by atoms with van der Waals surface area (Å²) in [6.45, 7) is 5.75. The van der Waals surface area contributed by atoms with Gasteiger partial charge in [-0.2, -0.15) is 0 Å². The lowest BCUT2D eigenvalue weighted by atomic mass is 10.1. The standard InChI is InChI=1S/C16H35NO/c1-4-5-6-7-8-9-10-11-12-13-14-17(3)16(2)15-18/h16,18H,4-15H2,1-3H3. The van der Waals surface area contributed by atoms with Crippen LogP contribution in [0.3, 0.4) is 0 Å². The van der Waals surface area contributed by atoms with Gasteiger partial charge in [0, 0.05) is 6.04 Å². The monoisotopic (exact) mass is 257 g/mol. The molecule has 0 aliphatic heterocycles. The topological polar surface area (TPSA) is 23.5 Å². The van der Waals surface area contributed by atoms with Crippen LogP contribution in [0.4, 0.5) is 0 Å². The lowest BCUT2D eigenvalue weighted by Crippen LogP contribution is -2.32. The molecule has 110 valence electrons. The smallest absolute Gasteiger partial charge is 0.0584 e. The van der Waals surface area contributed by atoms with Crippen LogP contribution in [0.1, 0.15) is 78.1 Å². The van der Waals surface area contributed by atoms with Crippen LogP contribution in [0.5, 0.6) is 0 Å². The maximum Gasteiger partial charge on any atom is 0.0584 e. The number of hydrogen-bond donors (Lipinski definition) is 1. The van der Waals surface area contributed by atoms with Crippen molar-refractivity contribution >= 4 is 0 Å². The molecule has 0 aromatic carbocycles. The molecular formula is C16H35NO. The van der Waals surface area contributed by atoms with Crippen LogP contribution in [0.2, 0.25) is 0 Å². The SMILES string of the molecule is CCCCCCCCCCCCN(C)C(C)CO. The molecule has 0 amide bonds. The summed E-state index contributed by atoms with van der Waals surface area (Å²) in [5.74, 6) is 0. The molecule has 1 N–H and O–H groups in total. The van der Waals surface area contributed by atoms with Crippen LogP contribution in [-0.2, 0) is 0 Å². The highest BCUT2D eigenvalue weighted by Gasteiger charge is 2.05. The Morgan fingerprint density at radius 2 is 1.28 bits per heavy atom. The molecule has 18 heavy (non-hydrogen) atoms. The minimum Gasteiger partial charge on any atom is -0.395 e. The molecule has 0 spiro atoms. The molecule has 0 aromatic heterocycles. The summed E-state index contributed by atoms with van der Waals surface area (Å²) < 4.78 is 0. The van der Waals surface area contributed by atoms with Gasteiger partial charge >= 0.3 is 0 Å². The summed E-state index contributed by atoms with van der Waals surface area (Å²) in [4.78, 5) is 2.25. The van der Waals surface area contributed by atoms with Crippen molar-refractivity contribution in [2.75, 3.05) is 20.2 Å². The summed E-state index contributed by atoms with van der Waals surface area (Å²) >= 11 is 0. The van der Waals surface area contributed by atoms with E-state index < -0.39 is 0 Å². The third kappa shape index (κ3) is 11.0. The predicted octanol–water partition coefficient (Wildman–Crippen LogP) is 4.22. The second kappa shape index (κ2) is 13.4. The predicted molar refractivity (Wildman–Crippen MR) is 81.0 cm³/mol. The molecule has 0 heterocycles. The largest absolute Gasteiger partial charge is 0.395 e. The Kier molecular flexibility index (Phi) is 13.3. The summed E-state index contributed by atoms with van der Waals surface area (Å²) in [5, 5.41) is 9.02. The maximum atomic E-state index is 9.02. The lowest BCUT2D eigenvalue weighted by molar-refractivity contribution is 0.157. The van der Waals surface area contributed by atoms with E-state index in [0.29, 0.717) is 6.04 Å². The molecule has 0 rings (SSSR count). The molecular weight excluding hydrogens is 222 g/mol. The van der Waals surface area contributed by atoms with Gasteiger partial charge in [0.2, 0.25) is 0 Å². The second-order valence-corrected chi connectivity index (χ2v) is 5.69. The van der Waals surface area contributed by atoms with E-state index in [4.69, 9.17) is 5.11 Å². The first kappa shape index (κ1) is 17.9. The average Bonchev–Trinajstić information content (AvgIpc) is 2.39. The number of unbranched alkanes of at least 4 members (excludes halogenated alkanes) is 9. The first-order valence-electron chi connectivity index (χ1n) is 8.03. The summed E-state index contributed by atoms with van der Waals surface area (Å²) in [5.41, 5.74) is 0. The van der Waals surface area contributed by atoms with E-state index in [0.717, 1.165) is 6.54 Å². The highest BCUT2D eigenvalue weighted by molar-refractivity contribution is 4.61. The lowest BCUT2D eigenvalue weighted by Gasteiger charge is -2.22. The fraction of sp³-hybridized carbons (Fsp3) is 1.00. The molecule has 0 radical (unpaired) electrons. The van der Waals surface area contributed by atoms with Gasteiger partial charge in [-0.15, -0.1) is 0 Å². The van der Waals surface area contributed by atoms with Gasteiger partial charge in [-0.25, -0.2) is 0 Å². The van der Waals surface area contributed by atoms with E-state index in [1.807, 2.05) is 0 Å². The molecule has 2 nitrogen and oxygen atoms in total. The number of aliphatic hydroxyl groups is 1. The molecule has 1 unspecified atom stereocenters. The van der Waals surface area contributed by atoms with E-state index in [1.54, 1.807) is 0 Å². The van der Waals surface area contributed by atoms with Crippen molar-refractivity contribution in [3.05, 3.63) is 0 Å². The Morgan fingerprint density at radius 3 is 1.72 bits per heavy atom. The van der Waals surface area contributed by atoms with Gasteiger partial charge in [0.05, 0.1) is 6.61 Å². The van der Waals surface area contributed by atoms with Gasteiger partial charge in [0.15, 0.2) is 0 Å². The zero-order valence-corrected chi connectivity index (χ0v) is 13.0. The quantitative estimate of drug-likeness (QED) is 0.499. The van der Waals surface area contributed by atoms with Crippen LogP contribution in [0, 0.1) is 0 Å². The van der Waals surface area contributed by atoms with E-state index in [-0.39, 0.29) is 6.61 Å². The summed E-state index contributed by atoms with van der Waals surface area (Å²) in [7, 11) is 2.11. The molecule has 1 atom stereocenters. The normalized spacial score (nSPS) is 13.2. The molecule has 0 saturated heterocycles. The Bertz CT molecular complexity index is 161. The zero-order valence-electron chi connectivity index (χ0n) is 13.0. The Balaban J connectivity index is 3.11. The van der Waals surface area contributed by atoms with Crippen molar-refractivity contribution in [2.45, 2.75) is 84.1 Å². The molecule has 0 aliphatic carbocycles. The van der Waals surface area contributed by atoms with Gasteiger partial charge in [0.25, 0.3) is 0 Å². The first-order valence-corrected chi connectivity index (χ1v) is 8.03. The molecule has 0 bridgehead atoms. The highest BCUT2D eigenvalue weighted by atomic mass is 16.3. The van der Waals surface area contributed by atoms with Crippen LogP contribution >= 0.6 is 0 Å². The molecule has 0 saturated carbocycles. The number of aliphatic hydroxyl groups excluding tert-OH is 1. The van der Waals surface area contributed by atoms with E-state index >= 15 is 0 Å². The van der Waals surface area contributed by atoms with Crippen molar-refractivity contribution < 1.29 is 5.11 Å². The van der Waals surface area contributed by atoms with Crippen molar-refractivity contribution in [3.8, 4) is 0 Å². The van der Waals surface area contributed by atoms with Crippen LogP contribution in [-0.4, -0.2) is 36.2 Å². The minimum atomic E-state index is 0.272. The average molecular weight is 257 g/mol. The van der Waals surface area contributed by atoms with Gasteiger partial charge in [-0.05, 0) is 26.9 Å². The fourth-order valence-corrected chi connectivity index (χ4v) is 2.21. The van der Waals surface area contributed by atoms with Crippen molar-refractivity contribution in [2.24, 2.45) is 0 Å². The second-order valence-electron chi connectivity index (χ2n) is 5.69. The van der Waals surface area contributed by atoms with E-state index in [9.17, 15) is 0 Å². The highest BCUT2D eigenvalue weighted by Crippen LogP contribution is 2.10. The maximum absolute atomic E-state index is 9.02. The number of hydrogen-bond acceptors (Lipinski definition) is 2. The number of likely N-dealkylation sites (N-methyl/N-ethyl adjacent to an activating group) is 1. The Labute approximate surface area is 115 Å². The van der Waals surface area contributed by atoms with E-state index in [1.165, 1.54) is 64.2 Å². The van der Waals surface area contributed by atoms with Crippen molar-refractivity contribution in [1.82, 2.24) is 4.90 Å². The van der Waals surface area contributed by atoms with Gasteiger partial charge in [0.1, 0.15) is 0 Å². The molecule has 0 aliphatic rings. The Morgan fingerprint density at radius 1 is 0.833 bits per heavy atom. The zero-order chi connectivity index (χ0) is 13.6. The van der Waals surface area contributed by atoms with Crippen LogP contribution < -0.4 is 0 Å². The number of rotatable bonds is 13. The molecule has 0 aromatic rings. The van der Waals surface area contributed by atoms with Gasteiger partial charge in [-0.3, -0.25) is 0 Å². The molecule has 2 heteroatoms. The van der Waals surface area contributed by atoms with E-state index in [2.05, 4.69) is 25.8 Å². The third-order valence-electron chi connectivity index (χ3n) is 3.88. The first-order chi connectivity index (χ1) is 8.72. The van der Waals surface area contributed by atoms with Gasteiger partial charge in [-0.1, -0.05) is 64.7 Å². The summed E-state index contributed by atoms with van der Waals surface area (Å²) in [6, 6.07) is 0.309. The van der Waals surface area contributed by atoms with Crippen molar-refractivity contribution in [3.63, 3.8) is 0 Å². The van der Waals surface area contributed by atoms with Crippen LogP contribution in [0.15, 0.2) is 0 Å². The Hall–Kier alpha value is -0.0800. The van der Waals surface area contributed by atoms with Crippen molar-refractivity contribution in [1.29, 1.82) is 0 Å². The fourth-order valence-electron chi connectivity index (χ4n) is 2.21. The third-order valence-corrected chi connectivity index (χ3v) is 3.88. The minimum absolute atomic E-state index is 0.272. The van der Waals surface area contributed by atoms with Crippen LogP contribution in [0.25, 0.3) is 0 Å². The molecule has 0 fully saturated rings. The van der Waals surface area contributed by atoms with Gasteiger partial charge < -0.3 is 10.0 Å². The number of nitrogens with zero attached hydrogens (tertiary/aromatic N) is 1.